The van der Waals surface area contributed by atoms with E-state index in [0.717, 1.165) is 19.3 Å². The Morgan fingerprint density at radius 1 is 0.821 bits per heavy atom. The highest BCUT2D eigenvalue weighted by atomic mass is 16.6. The van der Waals surface area contributed by atoms with Crippen LogP contribution in [0.15, 0.2) is 42.5 Å². The SMILES string of the molecule is COc1cc(C(=O)N(C(C)C)C(C)C)ccc1OCCCCCOc1ccc(C(=N)NC(=O)OC(C)C)cc1. The molecule has 9 heteroatoms. The van der Waals surface area contributed by atoms with E-state index in [2.05, 4.69) is 5.32 Å². The summed E-state index contributed by atoms with van der Waals surface area (Å²) in [7, 11) is 1.57. The summed E-state index contributed by atoms with van der Waals surface area (Å²) < 4.78 is 22.2. The van der Waals surface area contributed by atoms with Crippen molar-refractivity contribution < 1.29 is 28.5 Å². The molecule has 0 bridgehead atoms. The van der Waals surface area contributed by atoms with Crippen LogP contribution in [0.3, 0.4) is 0 Å². The molecule has 0 aliphatic carbocycles. The predicted molar refractivity (Wildman–Crippen MR) is 152 cm³/mol. The van der Waals surface area contributed by atoms with Crippen LogP contribution < -0.4 is 19.5 Å². The van der Waals surface area contributed by atoms with E-state index < -0.39 is 6.09 Å². The van der Waals surface area contributed by atoms with Gasteiger partial charge < -0.3 is 23.8 Å². The summed E-state index contributed by atoms with van der Waals surface area (Å²) in [6.45, 7) is 12.6. The van der Waals surface area contributed by atoms with Crippen molar-refractivity contribution in [3.63, 3.8) is 0 Å². The fraction of sp³-hybridized carbons (Fsp3) is 0.500. The fourth-order valence-electron chi connectivity index (χ4n) is 4.02. The van der Waals surface area contributed by atoms with Gasteiger partial charge in [0.15, 0.2) is 11.5 Å². The third-order valence-electron chi connectivity index (χ3n) is 5.79. The average Bonchev–Trinajstić information content (AvgIpc) is 2.87. The van der Waals surface area contributed by atoms with Gasteiger partial charge in [0.2, 0.25) is 0 Å². The Balaban J connectivity index is 1.74. The third kappa shape index (κ3) is 10.1. The molecule has 9 nitrogen and oxygen atoms in total. The summed E-state index contributed by atoms with van der Waals surface area (Å²) in [5.74, 6) is 1.79. The first kappa shape index (κ1) is 31.5. The number of methoxy groups -OCH3 is 1. The lowest BCUT2D eigenvalue weighted by Gasteiger charge is -2.31. The number of hydrogen-bond donors (Lipinski definition) is 2. The lowest BCUT2D eigenvalue weighted by atomic mass is 10.1. The van der Waals surface area contributed by atoms with Gasteiger partial charge in [-0.05, 0) is 103 Å². The van der Waals surface area contributed by atoms with Crippen LogP contribution in [0, 0.1) is 5.41 Å². The monoisotopic (exact) mass is 541 g/mol. The summed E-state index contributed by atoms with van der Waals surface area (Å²) in [5.41, 5.74) is 1.14. The molecule has 2 amide bonds. The molecule has 214 valence electrons. The summed E-state index contributed by atoms with van der Waals surface area (Å²) >= 11 is 0. The minimum atomic E-state index is -0.649. The van der Waals surface area contributed by atoms with Crippen LogP contribution in [-0.2, 0) is 4.74 Å². The molecule has 2 N–H and O–H groups in total. The molecule has 0 saturated carbocycles. The van der Waals surface area contributed by atoms with Crippen molar-refractivity contribution in [3.8, 4) is 17.2 Å². The minimum absolute atomic E-state index is 0.0271. The Kier molecular flexibility index (Phi) is 12.6. The molecule has 0 aliphatic rings. The number of nitrogens with zero attached hydrogens (tertiary/aromatic N) is 1. The molecule has 0 spiro atoms. The molecule has 0 atom stereocenters. The van der Waals surface area contributed by atoms with Crippen LogP contribution in [0.25, 0.3) is 0 Å². The van der Waals surface area contributed by atoms with Crippen molar-refractivity contribution in [2.45, 2.75) is 79.0 Å². The van der Waals surface area contributed by atoms with E-state index in [-0.39, 0.29) is 29.9 Å². The number of amidine groups is 1. The molecular formula is C30H43N3O6. The van der Waals surface area contributed by atoms with E-state index in [9.17, 15) is 9.59 Å². The normalized spacial score (nSPS) is 10.9. The standard InChI is InChI=1S/C30H43N3O6/c1-20(2)33(21(3)4)29(34)24-13-16-26(27(19-24)36-7)38-18-10-8-9-17-37-25-14-11-23(12-15-25)28(31)32-30(35)39-22(5)6/h11-16,19-22H,8-10,17-18H2,1-7H3,(H2,31,32,35). The average molecular weight is 542 g/mol. The highest BCUT2D eigenvalue weighted by Crippen LogP contribution is 2.29. The van der Waals surface area contributed by atoms with Gasteiger partial charge in [-0.2, -0.15) is 0 Å². The van der Waals surface area contributed by atoms with Crippen LogP contribution in [0.5, 0.6) is 17.2 Å². The van der Waals surface area contributed by atoms with E-state index in [1.807, 2.05) is 32.6 Å². The molecular weight excluding hydrogens is 498 g/mol. The van der Waals surface area contributed by atoms with Gasteiger partial charge in [0, 0.05) is 23.2 Å². The van der Waals surface area contributed by atoms with Crippen LogP contribution in [0.1, 0.15) is 76.7 Å². The predicted octanol–water partition coefficient (Wildman–Crippen LogP) is 6.04. The fourth-order valence-corrected chi connectivity index (χ4v) is 4.02. The van der Waals surface area contributed by atoms with Gasteiger partial charge in [-0.3, -0.25) is 15.5 Å². The quantitative estimate of drug-likeness (QED) is 0.171. The second-order valence-corrected chi connectivity index (χ2v) is 10.0. The van der Waals surface area contributed by atoms with E-state index in [1.165, 1.54) is 0 Å². The molecule has 0 aromatic heterocycles. The Morgan fingerprint density at radius 3 is 1.97 bits per heavy atom. The van der Waals surface area contributed by atoms with E-state index >= 15 is 0 Å². The lowest BCUT2D eigenvalue weighted by molar-refractivity contribution is 0.0643. The molecule has 2 aromatic carbocycles. The number of rotatable bonds is 14. The molecule has 0 radical (unpaired) electrons. The summed E-state index contributed by atoms with van der Waals surface area (Å²) in [6, 6.07) is 12.5. The second-order valence-electron chi connectivity index (χ2n) is 10.0. The maximum absolute atomic E-state index is 13.0. The van der Waals surface area contributed by atoms with Gasteiger partial charge in [0.05, 0.1) is 26.4 Å². The number of amides is 2. The maximum Gasteiger partial charge on any atom is 0.413 e. The van der Waals surface area contributed by atoms with Gasteiger partial charge >= 0.3 is 6.09 Å². The number of unbranched alkanes of at least 4 members (excludes halogenated alkanes) is 2. The van der Waals surface area contributed by atoms with Crippen molar-refractivity contribution in [2.24, 2.45) is 0 Å². The first-order valence-corrected chi connectivity index (χ1v) is 13.5. The number of benzene rings is 2. The Labute approximate surface area is 232 Å². The van der Waals surface area contributed by atoms with Crippen LogP contribution in [-0.4, -0.2) is 61.2 Å². The molecule has 0 unspecified atom stereocenters. The molecule has 0 heterocycles. The molecule has 2 rings (SSSR count). The number of carbonyl (C=O) groups is 2. The molecule has 2 aromatic rings. The Bertz CT molecular complexity index is 1070. The van der Waals surface area contributed by atoms with E-state index in [0.29, 0.717) is 41.6 Å². The number of alkyl carbamates (subject to hydrolysis) is 1. The number of ether oxygens (including phenoxy) is 4. The Hall–Kier alpha value is -3.75. The van der Waals surface area contributed by atoms with Gasteiger partial charge in [-0.1, -0.05) is 0 Å². The zero-order valence-corrected chi connectivity index (χ0v) is 24.2. The van der Waals surface area contributed by atoms with Crippen molar-refractivity contribution in [2.75, 3.05) is 20.3 Å². The van der Waals surface area contributed by atoms with Gasteiger partial charge in [0.1, 0.15) is 11.6 Å². The van der Waals surface area contributed by atoms with Crippen molar-refractivity contribution in [1.29, 1.82) is 5.41 Å². The zero-order chi connectivity index (χ0) is 28.9. The smallest absolute Gasteiger partial charge is 0.413 e. The highest BCUT2D eigenvalue weighted by Gasteiger charge is 2.22. The summed E-state index contributed by atoms with van der Waals surface area (Å²) in [6.07, 6.45) is 1.72. The summed E-state index contributed by atoms with van der Waals surface area (Å²) in [4.78, 5) is 26.5. The van der Waals surface area contributed by atoms with Crippen molar-refractivity contribution >= 4 is 17.8 Å². The number of carbonyl (C=O) groups excluding carboxylic acids is 2. The lowest BCUT2D eigenvalue weighted by Crippen LogP contribution is -2.42. The number of nitrogens with one attached hydrogen (secondary N) is 2. The van der Waals surface area contributed by atoms with Crippen LogP contribution in [0.4, 0.5) is 4.79 Å². The highest BCUT2D eigenvalue weighted by molar-refractivity contribution is 6.04. The van der Waals surface area contributed by atoms with Crippen molar-refractivity contribution in [3.05, 3.63) is 53.6 Å². The Morgan fingerprint density at radius 2 is 1.41 bits per heavy atom. The molecule has 0 aliphatic heterocycles. The largest absolute Gasteiger partial charge is 0.494 e. The molecule has 0 saturated heterocycles. The first-order chi connectivity index (χ1) is 18.5. The second kappa shape index (κ2) is 15.6. The zero-order valence-electron chi connectivity index (χ0n) is 24.2. The van der Waals surface area contributed by atoms with Crippen LogP contribution >= 0.6 is 0 Å². The van der Waals surface area contributed by atoms with Crippen molar-refractivity contribution in [1.82, 2.24) is 10.2 Å². The number of hydrogen-bond acceptors (Lipinski definition) is 7. The maximum atomic E-state index is 13.0. The van der Waals surface area contributed by atoms with Gasteiger partial charge in [0.25, 0.3) is 5.91 Å². The van der Waals surface area contributed by atoms with Crippen LogP contribution in [0.2, 0.25) is 0 Å². The minimum Gasteiger partial charge on any atom is -0.494 e. The van der Waals surface area contributed by atoms with E-state index in [4.69, 9.17) is 24.4 Å². The third-order valence-corrected chi connectivity index (χ3v) is 5.79. The summed E-state index contributed by atoms with van der Waals surface area (Å²) in [5, 5.41) is 10.4. The topological polar surface area (TPSA) is 110 Å². The molecule has 0 fully saturated rings. The van der Waals surface area contributed by atoms with E-state index in [1.54, 1.807) is 63.4 Å². The first-order valence-electron chi connectivity index (χ1n) is 13.5. The van der Waals surface area contributed by atoms with Gasteiger partial charge in [-0.15, -0.1) is 0 Å². The molecule has 39 heavy (non-hydrogen) atoms. The van der Waals surface area contributed by atoms with Gasteiger partial charge in [-0.25, -0.2) is 4.79 Å².